The van der Waals surface area contributed by atoms with E-state index in [1.54, 1.807) is 18.2 Å². The number of piperazine rings is 1. The zero-order valence-electron chi connectivity index (χ0n) is 17.1. The van der Waals surface area contributed by atoms with E-state index >= 15 is 0 Å². The van der Waals surface area contributed by atoms with Gasteiger partial charge >= 0.3 is 0 Å². The molecule has 0 radical (unpaired) electrons. The van der Waals surface area contributed by atoms with Gasteiger partial charge in [0.1, 0.15) is 11.6 Å². The van der Waals surface area contributed by atoms with Crippen molar-refractivity contribution in [1.82, 2.24) is 4.90 Å². The van der Waals surface area contributed by atoms with Crippen LogP contribution in [0.25, 0.3) is 0 Å². The highest BCUT2D eigenvalue weighted by Gasteiger charge is 2.38. The van der Waals surface area contributed by atoms with Crippen LogP contribution in [0, 0.1) is 11.7 Å². The number of rotatable bonds is 5. The molecule has 0 N–H and O–H groups in total. The Bertz CT molecular complexity index is 927. The zero-order valence-corrected chi connectivity index (χ0v) is 17.1. The van der Waals surface area contributed by atoms with Gasteiger partial charge in [-0.1, -0.05) is 24.3 Å². The second-order valence-electron chi connectivity index (χ2n) is 7.57. The fraction of sp³-hybridized carbons (Fsp3) is 0.391. The van der Waals surface area contributed by atoms with Crippen molar-refractivity contribution in [3.63, 3.8) is 0 Å². The summed E-state index contributed by atoms with van der Waals surface area (Å²) in [4.78, 5) is 30.9. The van der Waals surface area contributed by atoms with Gasteiger partial charge in [-0.05, 0) is 31.2 Å². The largest absolute Gasteiger partial charge is 0.492 e. The lowest BCUT2D eigenvalue weighted by Gasteiger charge is -2.37. The molecule has 2 amide bonds. The predicted molar refractivity (Wildman–Crippen MR) is 113 cm³/mol. The Morgan fingerprint density at radius 3 is 2.40 bits per heavy atom. The summed E-state index contributed by atoms with van der Waals surface area (Å²) < 4.78 is 19.8. The molecule has 0 aliphatic carbocycles. The highest BCUT2D eigenvalue weighted by atomic mass is 19.1. The molecule has 2 aliphatic rings. The zero-order chi connectivity index (χ0) is 21.1. The maximum Gasteiger partial charge on any atom is 0.228 e. The molecule has 158 valence electrons. The Morgan fingerprint density at radius 1 is 1.03 bits per heavy atom. The summed E-state index contributed by atoms with van der Waals surface area (Å²) in [6, 6.07) is 14.1. The number of amides is 2. The van der Waals surface area contributed by atoms with Gasteiger partial charge in [0.05, 0.1) is 23.9 Å². The molecule has 30 heavy (non-hydrogen) atoms. The fourth-order valence-electron chi connectivity index (χ4n) is 4.20. The Balaban J connectivity index is 1.38. The normalized spacial score (nSPS) is 19.3. The van der Waals surface area contributed by atoms with Crippen molar-refractivity contribution >= 4 is 23.2 Å². The minimum Gasteiger partial charge on any atom is -0.492 e. The van der Waals surface area contributed by atoms with Crippen molar-refractivity contribution in [2.45, 2.75) is 13.3 Å². The van der Waals surface area contributed by atoms with Gasteiger partial charge in [-0.25, -0.2) is 4.39 Å². The van der Waals surface area contributed by atoms with Crippen molar-refractivity contribution < 1.29 is 18.7 Å². The number of hydrogen-bond donors (Lipinski definition) is 0. The quantitative estimate of drug-likeness (QED) is 0.759. The van der Waals surface area contributed by atoms with Crippen LogP contribution < -0.4 is 14.5 Å². The number of halogens is 1. The first-order valence-electron chi connectivity index (χ1n) is 10.4. The smallest absolute Gasteiger partial charge is 0.228 e. The molecule has 0 unspecified atom stereocenters. The average molecular weight is 411 g/mol. The highest BCUT2D eigenvalue weighted by Crippen LogP contribution is 2.31. The topological polar surface area (TPSA) is 53.1 Å². The van der Waals surface area contributed by atoms with Crippen LogP contribution in [0.2, 0.25) is 0 Å². The van der Waals surface area contributed by atoms with Gasteiger partial charge in [-0.2, -0.15) is 0 Å². The lowest BCUT2D eigenvalue weighted by atomic mass is 10.1. The van der Waals surface area contributed by atoms with E-state index in [1.807, 2.05) is 36.1 Å². The van der Waals surface area contributed by atoms with Crippen molar-refractivity contribution in [3.05, 3.63) is 54.3 Å². The number of hydrogen-bond acceptors (Lipinski definition) is 4. The maximum absolute atomic E-state index is 14.1. The van der Waals surface area contributed by atoms with Crippen molar-refractivity contribution in [1.29, 1.82) is 0 Å². The molecule has 4 rings (SSSR count). The number of ether oxygens (including phenoxy) is 1. The van der Waals surface area contributed by atoms with Crippen molar-refractivity contribution in [2.75, 3.05) is 49.1 Å². The van der Waals surface area contributed by atoms with E-state index in [2.05, 4.69) is 4.90 Å². The summed E-state index contributed by atoms with van der Waals surface area (Å²) in [5.74, 6) is -0.260. The van der Waals surface area contributed by atoms with Crippen LogP contribution in [0.5, 0.6) is 5.75 Å². The summed E-state index contributed by atoms with van der Waals surface area (Å²) in [6.07, 6.45) is 0.126. The van der Waals surface area contributed by atoms with Gasteiger partial charge in [-0.3, -0.25) is 9.59 Å². The molecule has 0 bridgehead atoms. The molecule has 7 heteroatoms. The van der Waals surface area contributed by atoms with Crippen LogP contribution in [0.15, 0.2) is 48.5 Å². The Hall–Kier alpha value is -3.09. The number of nitrogens with zero attached hydrogens (tertiary/aromatic N) is 3. The van der Waals surface area contributed by atoms with Gasteiger partial charge < -0.3 is 19.4 Å². The number of carbonyl (C=O) groups excluding carboxylic acids is 2. The van der Waals surface area contributed by atoms with Crippen LogP contribution in [0.3, 0.4) is 0 Å². The van der Waals surface area contributed by atoms with Gasteiger partial charge in [0.2, 0.25) is 11.8 Å². The summed E-state index contributed by atoms with van der Waals surface area (Å²) in [5, 5.41) is 0. The van der Waals surface area contributed by atoms with E-state index < -0.39 is 11.7 Å². The molecule has 2 fully saturated rings. The van der Waals surface area contributed by atoms with E-state index in [-0.39, 0.29) is 30.5 Å². The van der Waals surface area contributed by atoms with Gasteiger partial charge in [0, 0.05) is 39.1 Å². The van der Waals surface area contributed by atoms with E-state index in [1.165, 1.54) is 11.0 Å². The molecular weight excluding hydrogens is 385 g/mol. The van der Waals surface area contributed by atoms with Crippen LogP contribution in [0.4, 0.5) is 15.8 Å². The second kappa shape index (κ2) is 8.73. The third-order valence-electron chi connectivity index (χ3n) is 5.71. The monoisotopic (exact) mass is 411 g/mol. The van der Waals surface area contributed by atoms with Gasteiger partial charge in [-0.15, -0.1) is 0 Å². The van der Waals surface area contributed by atoms with Crippen LogP contribution in [0.1, 0.15) is 13.3 Å². The summed E-state index contributed by atoms with van der Waals surface area (Å²) in [7, 11) is 0. The molecule has 2 aliphatic heterocycles. The van der Waals surface area contributed by atoms with Gasteiger partial charge in [0.15, 0.2) is 0 Å². The molecule has 0 saturated carbocycles. The molecule has 0 aromatic heterocycles. The van der Waals surface area contributed by atoms with E-state index in [0.29, 0.717) is 32.8 Å². The fourth-order valence-corrected chi connectivity index (χ4v) is 4.20. The second-order valence-corrected chi connectivity index (χ2v) is 7.57. The third-order valence-corrected chi connectivity index (χ3v) is 5.71. The summed E-state index contributed by atoms with van der Waals surface area (Å²) >= 11 is 0. The molecule has 0 spiro atoms. The Labute approximate surface area is 175 Å². The summed E-state index contributed by atoms with van der Waals surface area (Å²) in [6.45, 7) is 5.37. The lowest BCUT2D eigenvalue weighted by molar-refractivity contribution is -0.136. The number of para-hydroxylation sites is 3. The van der Waals surface area contributed by atoms with E-state index in [4.69, 9.17) is 4.74 Å². The first-order chi connectivity index (χ1) is 14.6. The molecule has 2 saturated heterocycles. The molecule has 6 nitrogen and oxygen atoms in total. The first-order valence-corrected chi connectivity index (χ1v) is 10.4. The molecule has 2 aromatic rings. The first kappa shape index (κ1) is 20.2. The van der Waals surface area contributed by atoms with E-state index in [0.717, 1.165) is 11.4 Å². The van der Waals surface area contributed by atoms with E-state index in [9.17, 15) is 14.0 Å². The van der Waals surface area contributed by atoms with Gasteiger partial charge in [0.25, 0.3) is 0 Å². The molecule has 2 heterocycles. The Kier molecular flexibility index (Phi) is 5.88. The van der Waals surface area contributed by atoms with Crippen LogP contribution in [-0.2, 0) is 9.59 Å². The standard InChI is InChI=1S/C23H26FN3O3/c1-2-30-21-10-6-5-9-20(21)25-11-13-26(14-12-25)23(29)17-15-22(28)27(16-17)19-8-4-3-7-18(19)24/h3-10,17H,2,11-16H2,1H3/t17-/m1/s1. The third kappa shape index (κ3) is 3.97. The van der Waals surface area contributed by atoms with Crippen molar-refractivity contribution in [3.8, 4) is 5.75 Å². The number of anilines is 2. The maximum atomic E-state index is 14.1. The minimum atomic E-state index is -0.444. The number of carbonyl (C=O) groups is 2. The minimum absolute atomic E-state index is 0.0278. The predicted octanol–water partition coefficient (Wildman–Crippen LogP) is 2.93. The lowest BCUT2D eigenvalue weighted by Crippen LogP contribution is -2.50. The molecular formula is C23H26FN3O3. The molecule has 1 atom stereocenters. The Morgan fingerprint density at radius 2 is 1.70 bits per heavy atom. The van der Waals surface area contributed by atoms with Crippen LogP contribution >= 0.6 is 0 Å². The number of benzene rings is 2. The molecule has 2 aromatic carbocycles. The average Bonchev–Trinajstić information content (AvgIpc) is 3.16. The highest BCUT2D eigenvalue weighted by molar-refractivity contribution is 6.00. The van der Waals surface area contributed by atoms with Crippen molar-refractivity contribution in [2.24, 2.45) is 5.92 Å². The SMILES string of the molecule is CCOc1ccccc1N1CCN(C(=O)[C@@H]2CC(=O)N(c3ccccc3F)C2)CC1. The summed E-state index contributed by atoms with van der Waals surface area (Å²) in [5.41, 5.74) is 1.28. The van der Waals surface area contributed by atoms with Crippen LogP contribution in [-0.4, -0.2) is 56.0 Å².